The lowest BCUT2D eigenvalue weighted by atomic mass is 10.1. The van der Waals surface area contributed by atoms with Crippen molar-refractivity contribution in [2.75, 3.05) is 0 Å². The summed E-state index contributed by atoms with van der Waals surface area (Å²) in [4.78, 5) is 22.0. The van der Waals surface area contributed by atoms with Crippen LogP contribution in [-0.4, -0.2) is 4.92 Å². The highest BCUT2D eigenvalue weighted by atomic mass is 16.6. The lowest BCUT2D eigenvalue weighted by molar-refractivity contribution is -0.384. The highest BCUT2D eigenvalue weighted by Crippen LogP contribution is 2.20. The Morgan fingerprint density at radius 1 is 0.917 bits per heavy atom. The number of non-ortho nitro benzene ring substituents is 1. The Labute approximate surface area is 137 Å². The van der Waals surface area contributed by atoms with Crippen LogP contribution in [0.4, 0.5) is 5.69 Å². The molecule has 118 valence electrons. The van der Waals surface area contributed by atoms with Gasteiger partial charge in [0.05, 0.1) is 4.92 Å². The molecule has 0 bridgehead atoms. The van der Waals surface area contributed by atoms with Gasteiger partial charge in [-0.25, -0.2) is 0 Å². The fourth-order valence-electron chi connectivity index (χ4n) is 2.21. The number of rotatable bonds is 4. The summed E-state index contributed by atoms with van der Waals surface area (Å²) in [7, 11) is 0. The van der Waals surface area contributed by atoms with E-state index in [0.29, 0.717) is 11.5 Å². The van der Waals surface area contributed by atoms with Crippen LogP contribution in [0, 0.1) is 10.1 Å². The number of hydrogen-bond acceptors (Lipinski definition) is 4. The molecule has 5 heteroatoms. The molecular weight excluding hydrogens is 306 g/mol. The summed E-state index contributed by atoms with van der Waals surface area (Å²) in [6.07, 6.45) is 3.39. The zero-order valence-electron chi connectivity index (χ0n) is 12.6. The fraction of sp³-hybridized carbons (Fsp3) is 0. The van der Waals surface area contributed by atoms with E-state index in [2.05, 4.69) is 0 Å². The molecule has 0 aliphatic rings. The summed E-state index contributed by atoms with van der Waals surface area (Å²) in [6.45, 7) is 0. The second kappa shape index (κ2) is 6.75. The molecule has 0 spiro atoms. The lowest BCUT2D eigenvalue weighted by Gasteiger charge is -2.01. The molecule has 0 aliphatic carbocycles. The highest BCUT2D eigenvalue weighted by molar-refractivity contribution is 5.68. The third-order valence-corrected chi connectivity index (χ3v) is 3.39. The number of nitrogens with zero attached hydrogens (tertiary/aromatic N) is 1. The summed E-state index contributed by atoms with van der Waals surface area (Å²) in [5.74, 6) is 0.908. The SMILES string of the molecule is O=c1cc(C=Cc2ccc([N+](=O)[O-])cc2)oc(-c2ccccc2)c1. The Morgan fingerprint density at radius 2 is 1.62 bits per heavy atom. The van der Waals surface area contributed by atoms with Crippen molar-refractivity contribution in [1.82, 2.24) is 0 Å². The molecule has 24 heavy (non-hydrogen) atoms. The van der Waals surface area contributed by atoms with Crippen molar-refractivity contribution >= 4 is 17.8 Å². The van der Waals surface area contributed by atoms with Gasteiger partial charge in [-0.3, -0.25) is 14.9 Å². The Balaban J connectivity index is 1.88. The zero-order chi connectivity index (χ0) is 16.9. The van der Waals surface area contributed by atoms with Gasteiger partial charge >= 0.3 is 0 Å². The van der Waals surface area contributed by atoms with Crippen LogP contribution >= 0.6 is 0 Å². The minimum Gasteiger partial charge on any atom is -0.456 e. The maximum atomic E-state index is 11.8. The van der Waals surface area contributed by atoms with Crippen molar-refractivity contribution < 1.29 is 9.34 Å². The van der Waals surface area contributed by atoms with Gasteiger partial charge in [0.25, 0.3) is 5.69 Å². The molecule has 2 aromatic carbocycles. The van der Waals surface area contributed by atoms with Crippen molar-refractivity contribution in [3.05, 3.63) is 98.4 Å². The quantitative estimate of drug-likeness (QED) is 0.528. The number of hydrogen-bond donors (Lipinski definition) is 0. The largest absolute Gasteiger partial charge is 0.456 e. The van der Waals surface area contributed by atoms with Gasteiger partial charge in [0.15, 0.2) is 5.43 Å². The molecule has 0 amide bonds. The molecule has 5 nitrogen and oxygen atoms in total. The molecule has 0 fully saturated rings. The molecule has 3 aromatic rings. The van der Waals surface area contributed by atoms with Gasteiger partial charge in [0, 0.05) is 29.8 Å². The van der Waals surface area contributed by atoms with Gasteiger partial charge in [-0.1, -0.05) is 36.4 Å². The van der Waals surface area contributed by atoms with Crippen molar-refractivity contribution in [1.29, 1.82) is 0 Å². The molecular formula is C19H13NO4. The summed E-state index contributed by atoms with van der Waals surface area (Å²) in [6, 6.07) is 18.3. The molecule has 1 aromatic heterocycles. The normalized spacial score (nSPS) is 10.8. The van der Waals surface area contributed by atoms with Crippen molar-refractivity contribution in [3.8, 4) is 11.3 Å². The van der Waals surface area contributed by atoms with Gasteiger partial charge in [-0.05, 0) is 23.8 Å². The fourth-order valence-corrected chi connectivity index (χ4v) is 2.21. The topological polar surface area (TPSA) is 73.3 Å². The molecule has 0 saturated carbocycles. The molecule has 0 atom stereocenters. The van der Waals surface area contributed by atoms with E-state index in [9.17, 15) is 14.9 Å². The monoisotopic (exact) mass is 319 g/mol. The van der Waals surface area contributed by atoms with E-state index in [0.717, 1.165) is 11.1 Å². The lowest BCUT2D eigenvalue weighted by Crippen LogP contribution is -1.98. The molecule has 0 radical (unpaired) electrons. The van der Waals surface area contributed by atoms with E-state index in [1.807, 2.05) is 30.3 Å². The first-order chi connectivity index (χ1) is 11.6. The maximum absolute atomic E-state index is 11.8. The Morgan fingerprint density at radius 3 is 2.29 bits per heavy atom. The molecule has 0 unspecified atom stereocenters. The summed E-state index contributed by atoms with van der Waals surface area (Å²) >= 11 is 0. The van der Waals surface area contributed by atoms with Crippen LogP contribution in [0.15, 0.2) is 75.9 Å². The maximum Gasteiger partial charge on any atom is 0.269 e. The van der Waals surface area contributed by atoms with Crippen LogP contribution in [0.5, 0.6) is 0 Å². The van der Waals surface area contributed by atoms with Gasteiger partial charge in [-0.15, -0.1) is 0 Å². The first-order valence-corrected chi connectivity index (χ1v) is 7.25. The van der Waals surface area contributed by atoms with E-state index < -0.39 is 4.92 Å². The van der Waals surface area contributed by atoms with Crippen LogP contribution < -0.4 is 5.43 Å². The van der Waals surface area contributed by atoms with E-state index >= 15 is 0 Å². The molecule has 1 heterocycles. The smallest absolute Gasteiger partial charge is 0.269 e. The second-order valence-electron chi connectivity index (χ2n) is 5.11. The number of nitro groups is 1. The zero-order valence-corrected chi connectivity index (χ0v) is 12.6. The summed E-state index contributed by atoms with van der Waals surface area (Å²) < 4.78 is 5.73. The van der Waals surface area contributed by atoms with Crippen LogP contribution in [-0.2, 0) is 0 Å². The first kappa shape index (κ1) is 15.4. The predicted octanol–water partition coefficient (Wildman–Crippen LogP) is 4.39. The minimum absolute atomic E-state index is 0.0322. The average Bonchev–Trinajstić information content (AvgIpc) is 2.60. The predicted molar refractivity (Wildman–Crippen MR) is 92.4 cm³/mol. The second-order valence-corrected chi connectivity index (χ2v) is 5.11. The van der Waals surface area contributed by atoms with E-state index in [1.165, 1.54) is 24.3 Å². The summed E-state index contributed by atoms with van der Waals surface area (Å²) in [5.41, 5.74) is 1.47. The average molecular weight is 319 g/mol. The van der Waals surface area contributed by atoms with Gasteiger partial charge in [0.1, 0.15) is 11.5 Å². The molecule has 0 saturated heterocycles. The van der Waals surface area contributed by atoms with Crippen LogP contribution in [0.1, 0.15) is 11.3 Å². The standard InChI is InChI=1S/C19H13NO4/c21-17-12-18(24-19(13-17)15-4-2-1-3-5-15)11-8-14-6-9-16(10-7-14)20(22)23/h1-13H. The summed E-state index contributed by atoms with van der Waals surface area (Å²) in [5, 5.41) is 10.6. The van der Waals surface area contributed by atoms with E-state index in [4.69, 9.17) is 4.42 Å². The van der Waals surface area contributed by atoms with Crippen LogP contribution in [0.25, 0.3) is 23.5 Å². The number of nitro benzene ring substituents is 1. The first-order valence-electron chi connectivity index (χ1n) is 7.25. The number of benzene rings is 2. The van der Waals surface area contributed by atoms with E-state index in [-0.39, 0.29) is 11.1 Å². The van der Waals surface area contributed by atoms with Crippen molar-refractivity contribution in [2.24, 2.45) is 0 Å². The van der Waals surface area contributed by atoms with Gasteiger partial charge in [0.2, 0.25) is 0 Å². The Kier molecular flexibility index (Phi) is 4.34. The molecule has 3 rings (SSSR count). The molecule has 0 aliphatic heterocycles. The Bertz CT molecular complexity index is 941. The van der Waals surface area contributed by atoms with Crippen LogP contribution in [0.3, 0.4) is 0 Å². The third kappa shape index (κ3) is 3.64. The highest BCUT2D eigenvalue weighted by Gasteiger charge is 2.04. The molecule has 0 N–H and O–H groups in total. The van der Waals surface area contributed by atoms with Gasteiger partial charge < -0.3 is 4.42 Å². The Hall–Kier alpha value is -3.47. The third-order valence-electron chi connectivity index (χ3n) is 3.39. The van der Waals surface area contributed by atoms with Crippen molar-refractivity contribution in [3.63, 3.8) is 0 Å². The van der Waals surface area contributed by atoms with E-state index in [1.54, 1.807) is 24.3 Å². The minimum atomic E-state index is -0.449. The van der Waals surface area contributed by atoms with Crippen LogP contribution in [0.2, 0.25) is 0 Å². The van der Waals surface area contributed by atoms with Gasteiger partial charge in [-0.2, -0.15) is 0 Å². The van der Waals surface area contributed by atoms with Crippen molar-refractivity contribution in [2.45, 2.75) is 0 Å².